The zero-order chi connectivity index (χ0) is 18.0. The number of nitrogens with one attached hydrogen (secondary N) is 2. The van der Waals surface area contributed by atoms with E-state index >= 15 is 0 Å². The maximum Gasteiger partial charge on any atom is 0.220 e. The summed E-state index contributed by atoms with van der Waals surface area (Å²) in [5, 5.41) is 15.0. The van der Waals surface area contributed by atoms with Gasteiger partial charge in [-0.15, -0.1) is 0 Å². The Kier molecular flexibility index (Phi) is 15.0. The van der Waals surface area contributed by atoms with Crippen LogP contribution in [-0.2, 0) is 9.53 Å². The van der Waals surface area contributed by atoms with Crippen molar-refractivity contribution in [2.45, 2.75) is 57.8 Å². The highest BCUT2D eigenvalue weighted by Crippen LogP contribution is 2.09. The Morgan fingerprint density at radius 2 is 1.60 bits per heavy atom. The number of carbonyl (C=O) groups excluding carboxylic acids is 1. The van der Waals surface area contributed by atoms with E-state index in [1.54, 1.807) is 0 Å². The Labute approximate surface area is 153 Å². The molecule has 0 unspecified atom stereocenters. The van der Waals surface area contributed by atoms with Gasteiger partial charge in [-0.2, -0.15) is 0 Å². The van der Waals surface area contributed by atoms with Gasteiger partial charge in [0, 0.05) is 52.3 Å². The summed E-state index contributed by atoms with van der Waals surface area (Å²) < 4.78 is 5.23. The van der Waals surface area contributed by atoms with Gasteiger partial charge in [0.25, 0.3) is 0 Å². The molecule has 1 fully saturated rings. The molecule has 0 aromatic rings. The lowest BCUT2D eigenvalue weighted by Gasteiger charge is -2.27. The van der Waals surface area contributed by atoms with Crippen LogP contribution in [-0.4, -0.2) is 75.0 Å². The van der Waals surface area contributed by atoms with Crippen LogP contribution in [0.3, 0.4) is 0 Å². The third-order valence-electron chi connectivity index (χ3n) is 4.64. The molecule has 0 atom stereocenters. The molecular formula is C19H39N3O3. The second-order valence-electron chi connectivity index (χ2n) is 6.86. The van der Waals surface area contributed by atoms with Gasteiger partial charge < -0.3 is 20.5 Å². The van der Waals surface area contributed by atoms with Gasteiger partial charge in [0.05, 0.1) is 13.2 Å². The van der Waals surface area contributed by atoms with E-state index in [1.165, 1.54) is 32.1 Å². The number of hydrogen-bond acceptors (Lipinski definition) is 5. The third-order valence-corrected chi connectivity index (χ3v) is 4.64. The summed E-state index contributed by atoms with van der Waals surface area (Å²) >= 11 is 0. The molecule has 6 heteroatoms. The lowest BCUT2D eigenvalue weighted by Crippen LogP contribution is -2.46. The molecule has 148 valence electrons. The zero-order valence-electron chi connectivity index (χ0n) is 15.9. The van der Waals surface area contributed by atoms with E-state index in [-0.39, 0.29) is 12.5 Å². The molecule has 1 aliphatic rings. The number of carbonyl (C=O) groups is 1. The zero-order valence-corrected chi connectivity index (χ0v) is 15.9. The Morgan fingerprint density at radius 3 is 2.28 bits per heavy atom. The van der Waals surface area contributed by atoms with E-state index in [1.807, 2.05) is 0 Å². The summed E-state index contributed by atoms with van der Waals surface area (Å²) in [4.78, 5) is 14.2. The SMILES string of the molecule is O=C(CCCCCCCCCCOCCO)NCCN1CCNCC1. The number of rotatable bonds is 16. The van der Waals surface area contributed by atoms with Crippen LogP contribution in [0.2, 0.25) is 0 Å². The van der Waals surface area contributed by atoms with Crippen molar-refractivity contribution in [3.05, 3.63) is 0 Å². The first kappa shape index (κ1) is 22.4. The average Bonchev–Trinajstić information content (AvgIpc) is 2.63. The maximum absolute atomic E-state index is 11.8. The van der Waals surface area contributed by atoms with Crippen molar-refractivity contribution < 1.29 is 14.6 Å². The molecule has 0 aliphatic carbocycles. The van der Waals surface area contributed by atoms with Gasteiger partial charge in [-0.1, -0.05) is 38.5 Å². The summed E-state index contributed by atoms with van der Waals surface area (Å²) in [6.45, 7) is 7.40. The Balaban J connectivity index is 1.76. The smallest absolute Gasteiger partial charge is 0.220 e. The molecule has 25 heavy (non-hydrogen) atoms. The minimum Gasteiger partial charge on any atom is -0.394 e. The quantitative estimate of drug-likeness (QED) is 0.365. The molecule has 1 amide bonds. The van der Waals surface area contributed by atoms with Crippen molar-refractivity contribution in [3.63, 3.8) is 0 Å². The molecule has 1 heterocycles. The minimum atomic E-state index is 0.119. The fourth-order valence-corrected chi connectivity index (χ4v) is 3.09. The fourth-order valence-electron chi connectivity index (χ4n) is 3.09. The van der Waals surface area contributed by atoms with Crippen molar-refractivity contribution in [2.24, 2.45) is 0 Å². The number of aliphatic hydroxyl groups excluding tert-OH is 1. The van der Waals surface area contributed by atoms with Gasteiger partial charge in [0.1, 0.15) is 0 Å². The second kappa shape index (κ2) is 16.8. The summed E-state index contributed by atoms with van der Waals surface area (Å²) in [5.41, 5.74) is 0. The van der Waals surface area contributed by atoms with Crippen molar-refractivity contribution in [3.8, 4) is 0 Å². The molecule has 6 nitrogen and oxygen atoms in total. The van der Waals surface area contributed by atoms with Gasteiger partial charge in [0.15, 0.2) is 0 Å². The highest BCUT2D eigenvalue weighted by Gasteiger charge is 2.09. The molecule has 0 radical (unpaired) electrons. The van der Waals surface area contributed by atoms with Gasteiger partial charge in [0.2, 0.25) is 5.91 Å². The van der Waals surface area contributed by atoms with Crippen LogP contribution in [0.5, 0.6) is 0 Å². The Bertz CT molecular complexity index is 310. The van der Waals surface area contributed by atoms with Crippen LogP contribution in [0, 0.1) is 0 Å². The number of hydrogen-bond donors (Lipinski definition) is 3. The van der Waals surface area contributed by atoms with Crippen LogP contribution in [0.1, 0.15) is 57.8 Å². The molecule has 1 aliphatic heterocycles. The monoisotopic (exact) mass is 357 g/mol. The predicted molar refractivity (Wildman–Crippen MR) is 102 cm³/mol. The van der Waals surface area contributed by atoms with Crippen LogP contribution in [0.15, 0.2) is 0 Å². The predicted octanol–water partition coefficient (Wildman–Crippen LogP) is 1.53. The van der Waals surface area contributed by atoms with Gasteiger partial charge in [-0.05, 0) is 12.8 Å². The number of amides is 1. The van der Waals surface area contributed by atoms with Crippen molar-refractivity contribution in [2.75, 3.05) is 59.1 Å². The first-order valence-corrected chi connectivity index (χ1v) is 10.2. The number of ether oxygens (including phenoxy) is 1. The van der Waals surface area contributed by atoms with E-state index in [0.29, 0.717) is 13.0 Å². The molecule has 1 saturated heterocycles. The molecular weight excluding hydrogens is 318 g/mol. The number of unbranched alkanes of at least 4 members (excludes halogenated alkanes) is 7. The summed E-state index contributed by atoms with van der Waals surface area (Å²) in [7, 11) is 0. The topological polar surface area (TPSA) is 73.8 Å². The Hall–Kier alpha value is -0.690. The Morgan fingerprint density at radius 1 is 0.960 bits per heavy atom. The normalized spacial score (nSPS) is 15.4. The van der Waals surface area contributed by atoms with Gasteiger partial charge in [-0.3, -0.25) is 9.69 Å². The van der Waals surface area contributed by atoms with Crippen molar-refractivity contribution in [1.29, 1.82) is 0 Å². The van der Waals surface area contributed by atoms with Gasteiger partial charge in [-0.25, -0.2) is 0 Å². The lowest BCUT2D eigenvalue weighted by molar-refractivity contribution is -0.121. The molecule has 0 aromatic heterocycles. The molecule has 1 rings (SSSR count). The highest BCUT2D eigenvalue weighted by molar-refractivity contribution is 5.75. The maximum atomic E-state index is 11.8. The first-order valence-electron chi connectivity index (χ1n) is 10.2. The molecule has 0 saturated carbocycles. The van der Waals surface area contributed by atoms with Crippen molar-refractivity contribution >= 4 is 5.91 Å². The molecule has 3 N–H and O–H groups in total. The lowest BCUT2D eigenvalue weighted by atomic mass is 10.1. The van der Waals surface area contributed by atoms with Crippen LogP contribution in [0.4, 0.5) is 0 Å². The van der Waals surface area contributed by atoms with E-state index < -0.39 is 0 Å². The summed E-state index contributed by atoms with van der Waals surface area (Å²) in [6, 6.07) is 0. The molecule has 0 spiro atoms. The van der Waals surface area contributed by atoms with Crippen LogP contribution in [0.25, 0.3) is 0 Å². The van der Waals surface area contributed by atoms with E-state index in [2.05, 4.69) is 15.5 Å². The first-order chi connectivity index (χ1) is 12.3. The van der Waals surface area contributed by atoms with Crippen LogP contribution < -0.4 is 10.6 Å². The van der Waals surface area contributed by atoms with E-state index in [9.17, 15) is 4.79 Å². The van der Waals surface area contributed by atoms with E-state index in [0.717, 1.165) is 65.1 Å². The minimum absolute atomic E-state index is 0.119. The third kappa shape index (κ3) is 14.2. The fraction of sp³-hybridized carbons (Fsp3) is 0.947. The van der Waals surface area contributed by atoms with Crippen molar-refractivity contribution in [1.82, 2.24) is 15.5 Å². The standard InChI is InChI=1S/C19H39N3O3/c23-16-18-25-17-8-6-4-2-1-3-5-7-9-19(24)21-12-15-22-13-10-20-11-14-22/h20,23H,1-18H2,(H,21,24). The van der Waals surface area contributed by atoms with Gasteiger partial charge >= 0.3 is 0 Å². The second-order valence-corrected chi connectivity index (χ2v) is 6.86. The number of nitrogens with zero attached hydrogens (tertiary/aromatic N) is 1. The highest BCUT2D eigenvalue weighted by atomic mass is 16.5. The summed E-state index contributed by atoms with van der Waals surface area (Å²) in [6.07, 6.45) is 10.2. The largest absolute Gasteiger partial charge is 0.394 e. The van der Waals surface area contributed by atoms with Crippen LogP contribution >= 0.6 is 0 Å². The number of piperazine rings is 1. The average molecular weight is 358 g/mol. The number of aliphatic hydroxyl groups is 1. The molecule has 0 bridgehead atoms. The summed E-state index contributed by atoms with van der Waals surface area (Å²) in [5.74, 6) is 0.206. The van der Waals surface area contributed by atoms with E-state index in [4.69, 9.17) is 9.84 Å². The molecule has 0 aromatic carbocycles.